The fraction of sp³-hybridized carbons (Fsp3) is 0.933. The fourth-order valence-electron chi connectivity index (χ4n) is 3.62. The minimum absolute atomic E-state index is 0.0417. The smallest absolute Gasteiger partial charge is 0.311 e. The van der Waals surface area contributed by atoms with Crippen molar-refractivity contribution in [1.29, 1.82) is 0 Å². The zero-order valence-electron chi connectivity index (χ0n) is 11.7. The third-order valence-corrected chi connectivity index (χ3v) is 4.56. The van der Waals surface area contributed by atoms with Gasteiger partial charge in [-0.2, -0.15) is 0 Å². The number of ether oxygens (including phenoxy) is 2. The average Bonchev–Trinajstić information content (AvgIpc) is 2.38. The lowest BCUT2D eigenvalue weighted by atomic mass is 9.67. The van der Waals surface area contributed by atoms with E-state index in [9.17, 15) is 4.79 Å². The Morgan fingerprint density at radius 1 is 1.17 bits per heavy atom. The largest absolute Gasteiger partial charge is 0.436 e. The molecule has 0 amide bonds. The molecule has 3 nitrogen and oxygen atoms in total. The molecule has 0 bridgehead atoms. The summed E-state index contributed by atoms with van der Waals surface area (Å²) in [6.07, 6.45) is 8.30. The summed E-state index contributed by atoms with van der Waals surface area (Å²) in [7, 11) is 0. The molecule has 104 valence electrons. The van der Waals surface area contributed by atoms with Crippen molar-refractivity contribution in [2.75, 3.05) is 6.61 Å². The van der Waals surface area contributed by atoms with Gasteiger partial charge in [-0.05, 0) is 44.9 Å². The second-order valence-corrected chi connectivity index (χ2v) is 5.77. The van der Waals surface area contributed by atoms with E-state index in [0.717, 1.165) is 24.7 Å². The van der Waals surface area contributed by atoms with Gasteiger partial charge >= 0.3 is 5.97 Å². The standard InChI is InChI=1S/C15H26O3/c1-3-17-11(2)18-15(16)14-9-8-12-6-4-5-7-13(12)10-14/h11-14H,3-10H2,1-2H3. The maximum Gasteiger partial charge on any atom is 0.311 e. The van der Waals surface area contributed by atoms with E-state index in [4.69, 9.17) is 9.47 Å². The zero-order valence-corrected chi connectivity index (χ0v) is 11.7. The van der Waals surface area contributed by atoms with Crippen LogP contribution in [0.15, 0.2) is 0 Å². The molecule has 2 rings (SSSR count). The summed E-state index contributed by atoms with van der Waals surface area (Å²) < 4.78 is 10.6. The SMILES string of the molecule is CCOC(C)OC(=O)C1CCC2CCCCC2C1. The molecule has 2 fully saturated rings. The Labute approximate surface area is 110 Å². The van der Waals surface area contributed by atoms with Crippen LogP contribution in [0, 0.1) is 17.8 Å². The first-order chi connectivity index (χ1) is 8.70. The molecule has 2 saturated carbocycles. The molecule has 0 saturated heterocycles. The first-order valence-electron chi connectivity index (χ1n) is 7.52. The molecule has 2 aliphatic rings. The number of hydrogen-bond acceptors (Lipinski definition) is 3. The maximum atomic E-state index is 12.1. The van der Waals surface area contributed by atoms with Gasteiger partial charge in [0.25, 0.3) is 0 Å². The summed E-state index contributed by atoms with van der Waals surface area (Å²) in [5.74, 6) is 1.73. The molecule has 4 unspecified atom stereocenters. The summed E-state index contributed by atoms with van der Waals surface area (Å²) in [6.45, 7) is 4.30. The Bertz CT molecular complexity index is 277. The minimum atomic E-state index is -0.397. The van der Waals surface area contributed by atoms with E-state index in [-0.39, 0.29) is 11.9 Å². The molecule has 2 aliphatic carbocycles. The molecular formula is C15H26O3. The number of rotatable bonds is 4. The van der Waals surface area contributed by atoms with Crippen molar-refractivity contribution in [3.63, 3.8) is 0 Å². The van der Waals surface area contributed by atoms with Crippen LogP contribution in [0.2, 0.25) is 0 Å². The number of carbonyl (C=O) groups excluding carboxylic acids is 1. The van der Waals surface area contributed by atoms with Crippen molar-refractivity contribution in [2.45, 2.75) is 65.1 Å². The topological polar surface area (TPSA) is 35.5 Å². The Morgan fingerprint density at radius 3 is 2.61 bits per heavy atom. The van der Waals surface area contributed by atoms with E-state index in [2.05, 4.69) is 0 Å². The second-order valence-electron chi connectivity index (χ2n) is 5.77. The summed E-state index contributed by atoms with van der Waals surface area (Å²) in [5, 5.41) is 0. The lowest BCUT2D eigenvalue weighted by Crippen LogP contribution is -2.33. The third kappa shape index (κ3) is 3.47. The van der Waals surface area contributed by atoms with Gasteiger partial charge in [0.05, 0.1) is 5.92 Å². The van der Waals surface area contributed by atoms with E-state index < -0.39 is 6.29 Å². The van der Waals surface area contributed by atoms with Crippen molar-refractivity contribution in [2.24, 2.45) is 17.8 Å². The molecule has 0 radical (unpaired) electrons. The van der Waals surface area contributed by atoms with Crippen LogP contribution in [0.3, 0.4) is 0 Å². The van der Waals surface area contributed by atoms with Crippen LogP contribution in [0.1, 0.15) is 58.8 Å². The van der Waals surface area contributed by atoms with Gasteiger partial charge in [-0.3, -0.25) is 4.79 Å². The number of hydrogen-bond donors (Lipinski definition) is 0. The van der Waals surface area contributed by atoms with Gasteiger partial charge in [0.2, 0.25) is 0 Å². The summed E-state index contributed by atoms with van der Waals surface area (Å²) >= 11 is 0. The van der Waals surface area contributed by atoms with Gasteiger partial charge in [-0.1, -0.05) is 25.7 Å². The van der Waals surface area contributed by atoms with Gasteiger partial charge < -0.3 is 9.47 Å². The first kappa shape index (κ1) is 13.9. The highest BCUT2D eigenvalue weighted by Crippen LogP contribution is 2.42. The average molecular weight is 254 g/mol. The summed E-state index contributed by atoms with van der Waals surface area (Å²) in [4.78, 5) is 12.1. The van der Waals surface area contributed by atoms with Crippen LogP contribution in [0.25, 0.3) is 0 Å². The van der Waals surface area contributed by atoms with E-state index in [1.807, 2.05) is 6.92 Å². The molecule has 18 heavy (non-hydrogen) atoms. The van der Waals surface area contributed by atoms with Crippen LogP contribution in [-0.2, 0) is 14.3 Å². The molecule has 0 aliphatic heterocycles. The normalized spacial score (nSPS) is 33.6. The summed E-state index contributed by atoms with van der Waals surface area (Å²) in [6, 6.07) is 0. The molecule has 0 aromatic rings. The Hall–Kier alpha value is -0.570. The van der Waals surface area contributed by atoms with Crippen LogP contribution < -0.4 is 0 Å². The maximum absolute atomic E-state index is 12.1. The van der Waals surface area contributed by atoms with Crippen LogP contribution in [0.4, 0.5) is 0 Å². The van der Waals surface area contributed by atoms with Crippen LogP contribution >= 0.6 is 0 Å². The van der Waals surface area contributed by atoms with Crippen molar-refractivity contribution in [3.8, 4) is 0 Å². The Balaban J connectivity index is 1.81. The molecule has 0 heterocycles. The minimum Gasteiger partial charge on any atom is -0.436 e. The highest BCUT2D eigenvalue weighted by Gasteiger charge is 2.36. The molecule has 4 atom stereocenters. The van der Waals surface area contributed by atoms with Crippen molar-refractivity contribution >= 4 is 5.97 Å². The van der Waals surface area contributed by atoms with Crippen LogP contribution in [0.5, 0.6) is 0 Å². The Morgan fingerprint density at radius 2 is 1.89 bits per heavy atom. The van der Waals surface area contributed by atoms with Crippen molar-refractivity contribution in [1.82, 2.24) is 0 Å². The van der Waals surface area contributed by atoms with Crippen LogP contribution in [-0.4, -0.2) is 18.9 Å². The fourth-order valence-corrected chi connectivity index (χ4v) is 3.62. The van der Waals surface area contributed by atoms with E-state index >= 15 is 0 Å². The Kier molecular flexibility index (Phi) is 5.04. The molecule has 0 N–H and O–H groups in total. The number of fused-ring (bicyclic) bond motifs is 1. The monoisotopic (exact) mass is 254 g/mol. The van der Waals surface area contributed by atoms with Gasteiger partial charge in [-0.15, -0.1) is 0 Å². The lowest BCUT2D eigenvalue weighted by molar-refractivity contribution is -0.180. The van der Waals surface area contributed by atoms with E-state index in [1.54, 1.807) is 6.92 Å². The van der Waals surface area contributed by atoms with Gasteiger partial charge in [0, 0.05) is 6.61 Å². The molecule has 0 aromatic carbocycles. The quantitative estimate of drug-likeness (QED) is 0.569. The number of esters is 1. The van der Waals surface area contributed by atoms with E-state index in [1.165, 1.54) is 32.1 Å². The molecular weight excluding hydrogens is 228 g/mol. The number of carbonyl (C=O) groups is 1. The lowest BCUT2D eigenvalue weighted by Gasteiger charge is -2.38. The highest BCUT2D eigenvalue weighted by molar-refractivity contribution is 5.72. The van der Waals surface area contributed by atoms with Gasteiger partial charge in [-0.25, -0.2) is 0 Å². The first-order valence-corrected chi connectivity index (χ1v) is 7.52. The third-order valence-electron chi connectivity index (χ3n) is 4.56. The van der Waals surface area contributed by atoms with Crippen molar-refractivity contribution < 1.29 is 14.3 Å². The zero-order chi connectivity index (χ0) is 13.0. The van der Waals surface area contributed by atoms with Gasteiger partial charge in [0.1, 0.15) is 0 Å². The van der Waals surface area contributed by atoms with Crippen molar-refractivity contribution in [3.05, 3.63) is 0 Å². The highest BCUT2D eigenvalue weighted by atomic mass is 16.7. The molecule has 0 spiro atoms. The predicted molar refractivity (Wildman–Crippen MR) is 70.0 cm³/mol. The van der Waals surface area contributed by atoms with Gasteiger partial charge in [0.15, 0.2) is 6.29 Å². The molecule has 0 aromatic heterocycles. The van der Waals surface area contributed by atoms with E-state index in [0.29, 0.717) is 6.61 Å². The predicted octanol–water partition coefficient (Wildman–Crippen LogP) is 3.52. The molecule has 3 heteroatoms. The summed E-state index contributed by atoms with van der Waals surface area (Å²) in [5.41, 5.74) is 0. The second kappa shape index (κ2) is 6.55.